The third kappa shape index (κ3) is 3.86. The maximum Gasteiger partial charge on any atom is 0.282 e. The minimum absolute atomic E-state index is 0.157. The lowest BCUT2D eigenvalue weighted by Gasteiger charge is -2.04. The van der Waals surface area contributed by atoms with Crippen molar-refractivity contribution < 1.29 is 8.42 Å². The molecule has 2 N–H and O–H groups in total. The number of hydrogen-bond donors (Lipinski definition) is 2. The second-order valence-electron chi connectivity index (χ2n) is 4.41. The SMILES string of the molecule is CNCc1ccc(S(=O)(=O)N=C2C=CC(=C=N)C=C2)cc1. The summed E-state index contributed by atoms with van der Waals surface area (Å²) in [6.07, 6.45) is 6.28. The van der Waals surface area contributed by atoms with Crippen molar-refractivity contribution in [1.82, 2.24) is 5.32 Å². The van der Waals surface area contributed by atoms with Gasteiger partial charge in [-0.2, -0.15) is 12.8 Å². The topological polar surface area (TPSA) is 82.4 Å². The third-order valence-corrected chi connectivity index (χ3v) is 4.16. The van der Waals surface area contributed by atoms with Crippen molar-refractivity contribution in [3.8, 4) is 0 Å². The first-order valence-electron chi connectivity index (χ1n) is 6.29. The predicted octanol–water partition coefficient (Wildman–Crippen LogP) is 1.84. The van der Waals surface area contributed by atoms with Gasteiger partial charge in [0.15, 0.2) is 0 Å². The Bertz CT molecular complexity index is 748. The number of hydrogen-bond acceptors (Lipinski definition) is 4. The molecule has 0 saturated carbocycles. The Kier molecular flexibility index (Phi) is 4.65. The molecule has 5 nitrogen and oxygen atoms in total. The first-order chi connectivity index (χ1) is 10.0. The van der Waals surface area contributed by atoms with Crippen LogP contribution in [0.25, 0.3) is 0 Å². The highest BCUT2D eigenvalue weighted by Crippen LogP contribution is 2.15. The molecule has 0 aromatic heterocycles. The van der Waals surface area contributed by atoms with Crippen molar-refractivity contribution in [2.45, 2.75) is 11.4 Å². The van der Waals surface area contributed by atoms with Crippen LogP contribution < -0.4 is 5.32 Å². The summed E-state index contributed by atoms with van der Waals surface area (Å²) in [6, 6.07) is 6.61. The van der Waals surface area contributed by atoms with E-state index in [9.17, 15) is 8.42 Å². The summed E-state index contributed by atoms with van der Waals surface area (Å²) in [6.45, 7) is 0.680. The van der Waals surface area contributed by atoms with Gasteiger partial charge >= 0.3 is 0 Å². The lowest BCUT2D eigenvalue weighted by atomic mass is 10.1. The van der Waals surface area contributed by atoms with Crippen LogP contribution in [-0.2, 0) is 16.6 Å². The van der Waals surface area contributed by atoms with Gasteiger partial charge in [-0.3, -0.25) is 5.41 Å². The number of nitrogens with zero attached hydrogens (tertiary/aromatic N) is 1. The lowest BCUT2D eigenvalue weighted by molar-refractivity contribution is 0.598. The highest BCUT2D eigenvalue weighted by atomic mass is 32.2. The molecule has 6 heteroatoms. The van der Waals surface area contributed by atoms with E-state index in [0.717, 1.165) is 5.56 Å². The van der Waals surface area contributed by atoms with Crippen LogP contribution in [0.1, 0.15) is 5.56 Å². The van der Waals surface area contributed by atoms with E-state index in [4.69, 9.17) is 5.41 Å². The first kappa shape index (κ1) is 15.1. The fourth-order valence-electron chi connectivity index (χ4n) is 1.78. The molecule has 2 rings (SSSR count). The third-order valence-electron chi connectivity index (χ3n) is 2.84. The molecule has 1 aromatic carbocycles. The van der Waals surface area contributed by atoms with Crippen LogP contribution in [0.3, 0.4) is 0 Å². The Morgan fingerprint density at radius 3 is 2.29 bits per heavy atom. The predicted molar refractivity (Wildman–Crippen MR) is 83.3 cm³/mol. The van der Waals surface area contributed by atoms with Gasteiger partial charge in [-0.05, 0) is 54.9 Å². The van der Waals surface area contributed by atoms with E-state index < -0.39 is 10.0 Å². The summed E-state index contributed by atoms with van der Waals surface area (Å²) in [5.74, 6) is 2.22. The number of allylic oxidation sites excluding steroid dienone is 5. The van der Waals surface area contributed by atoms with Crippen molar-refractivity contribution in [3.05, 3.63) is 59.7 Å². The molecule has 1 aliphatic rings. The molecule has 0 heterocycles. The molecular formula is C15H15N3O2S. The second-order valence-corrected chi connectivity index (χ2v) is 6.02. The van der Waals surface area contributed by atoms with Gasteiger partial charge in [0.25, 0.3) is 10.0 Å². The van der Waals surface area contributed by atoms with Crippen LogP contribution in [-0.4, -0.2) is 27.0 Å². The van der Waals surface area contributed by atoms with Crippen LogP contribution in [0.4, 0.5) is 0 Å². The number of rotatable bonds is 4. The smallest absolute Gasteiger partial charge is 0.282 e. The van der Waals surface area contributed by atoms with Crippen LogP contribution in [0.15, 0.2) is 63.4 Å². The monoisotopic (exact) mass is 301 g/mol. The fourth-order valence-corrected chi connectivity index (χ4v) is 2.77. The summed E-state index contributed by atoms with van der Waals surface area (Å²) >= 11 is 0. The van der Waals surface area contributed by atoms with Gasteiger partial charge in [0, 0.05) is 12.1 Å². The quantitative estimate of drug-likeness (QED) is 0.832. The highest BCUT2D eigenvalue weighted by Gasteiger charge is 2.13. The second kappa shape index (κ2) is 6.45. The summed E-state index contributed by atoms with van der Waals surface area (Å²) in [5, 5.41) is 9.98. The minimum atomic E-state index is -3.73. The van der Waals surface area contributed by atoms with Gasteiger partial charge in [0.2, 0.25) is 0 Å². The van der Waals surface area contributed by atoms with Gasteiger partial charge in [-0.15, -0.1) is 0 Å². The lowest BCUT2D eigenvalue weighted by Crippen LogP contribution is -2.06. The Morgan fingerprint density at radius 1 is 1.14 bits per heavy atom. The van der Waals surface area contributed by atoms with E-state index in [1.54, 1.807) is 48.6 Å². The summed E-state index contributed by atoms with van der Waals surface area (Å²) in [4.78, 5) is 0.157. The molecule has 0 amide bonds. The van der Waals surface area contributed by atoms with Gasteiger partial charge in [-0.1, -0.05) is 12.1 Å². The van der Waals surface area contributed by atoms with Gasteiger partial charge < -0.3 is 5.32 Å². The normalized spacial score (nSPS) is 14.1. The zero-order valence-electron chi connectivity index (χ0n) is 11.5. The molecule has 0 radical (unpaired) electrons. The van der Waals surface area contributed by atoms with Gasteiger partial charge in [-0.25, -0.2) is 0 Å². The average molecular weight is 301 g/mol. The zero-order valence-corrected chi connectivity index (χ0v) is 12.3. The number of sulfonamides is 1. The maximum absolute atomic E-state index is 12.2. The standard InChI is InChI=1S/C15H15N3O2S/c1-17-11-13-4-8-15(9-5-13)21(19,20)18-14-6-2-12(10-16)3-7-14/h2-9,16-17H,11H2,1H3. The van der Waals surface area contributed by atoms with E-state index in [1.807, 2.05) is 7.05 Å². The van der Waals surface area contributed by atoms with E-state index in [1.165, 1.54) is 0 Å². The Morgan fingerprint density at radius 2 is 1.76 bits per heavy atom. The molecular weight excluding hydrogens is 286 g/mol. The molecule has 0 atom stereocenters. The maximum atomic E-state index is 12.2. The van der Waals surface area contributed by atoms with Crippen molar-refractivity contribution in [2.24, 2.45) is 4.40 Å². The molecule has 0 saturated heterocycles. The fraction of sp³-hybridized carbons (Fsp3) is 0.133. The van der Waals surface area contributed by atoms with Crippen LogP contribution in [0, 0.1) is 5.41 Å². The zero-order chi connectivity index (χ0) is 15.3. The molecule has 21 heavy (non-hydrogen) atoms. The minimum Gasteiger partial charge on any atom is -0.316 e. The van der Waals surface area contributed by atoms with Crippen LogP contribution in [0.5, 0.6) is 0 Å². The molecule has 1 aromatic rings. The Labute approximate surface area is 124 Å². The van der Waals surface area contributed by atoms with E-state index in [0.29, 0.717) is 17.8 Å². The van der Waals surface area contributed by atoms with Crippen LogP contribution >= 0.6 is 0 Å². The molecule has 0 aliphatic heterocycles. The largest absolute Gasteiger partial charge is 0.316 e. The molecule has 1 aliphatic carbocycles. The molecule has 0 spiro atoms. The highest BCUT2D eigenvalue weighted by molar-refractivity contribution is 7.90. The molecule has 108 valence electrons. The molecule has 0 fully saturated rings. The number of benzene rings is 1. The van der Waals surface area contributed by atoms with E-state index in [2.05, 4.69) is 15.6 Å². The van der Waals surface area contributed by atoms with E-state index >= 15 is 0 Å². The van der Waals surface area contributed by atoms with Crippen molar-refractivity contribution in [1.29, 1.82) is 5.41 Å². The van der Waals surface area contributed by atoms with Crippen molar-refractivity contribution in [2.75, 3.05) is 7.05 Å². The molecule has 0 bridgehead atoms. The Balaban J connectivity index is 2.27. The first-order valence-corrected chi connectivity index (χ1v) is 7.73. The van der Waals surface area contributed by atoms with E-state index in [-0.39, 0.29) is 4.90 Å². The number of nitrogens with one attached hydrogen (secondary N) is 2. The summed E-state index contributed by atoms with van der Waals surface area (Å²) < 4.78 is 28.2. The van der Waals surface area contributed by atoms with Gasteiger partial charge in [0.05, 0.1) is 10.6 Å². The average Bonchev–Trinajstić information content (AvgIpc) is 2.48. The van der Waals surface area contributed by atoms with Crippen molar-refractivity contribution >= 4 is 21.6 Å². The van der Waals surface area contributed by atoms with Gasteiger partial charge in [0.1, 0.15) is 0 Å². The summed E-state index contributed by atoms with van der Waals surface area (Å²) in [5.41, 5.74) is 1.90. The molecule has 0 unspecified atom stereocenters. The summed E-state index contributed by atoms with van der Waals surface area (Å²) in [7, 11) is -1.90. The Hall–Kier alpha value is -2.27. The van der Waals surface area contributed by atoms with Crippen LogP contribution in [0.2, 0.25) is 0 Å². The van der Waals surface area contributed by atoms with Crippen molar-refractivity contribution in [3.63, 3.8) is 0 Å².